The molecule has 7 nitrogen and oxygen atoms in total. The lowest BCUT2D eigenvalue weighted by atomic mass is 9.97. The number of rotatable bonds is 6. The van der Waals surface area contributed by atoms with Crippen LogP contribution in [0.4, 0.5) is 0 Å². The Morgan fingerprint density at radius 2 is 1.71 bits per heavy atom. The molecule has 168 valence electrons. The molecular weight excluding hydrogens is 509 g/mol. The quantitative estimate of drug-likeness (QED) is 0.259. The molecule has 0 aliphatic carbocycles. The Balaban J connectivity index is 0.00000341. The molecule has 1 aliphatic rings. The van der Waals surface area contributed by atoms with E-state index < -0.39 is 0 Å². The Hall–Kier alpha value is -2.49. The van der Waals surface area contributed by atoms with Crippen molar-refractivity contribution in [1.82, 2.24) is 10.2 Å². The van der Waals surface area contributed by atoms with Crippen molar-refractivity contribution in [2.24, 2.45) is 10.9 Å². The SMILES string of the molecule is CN=C(NCc1ccc(Oc2ccccc2OC)cc1)N1CCC(C(=O)OC)CC1.I. The maximum absolute atomic E-state index is 11.7. The van der Waals surface area contributed by atoms with Gasteiger partial charge in [-0.05, 0) is 42.7 Å². The number of esters is 1. The van der Waals surface area contributed by atoms with E-state index in [9.17, 15) is 4.79 Å². The van der Waals surface area contributed by atoms with Crippen molar-refractivity contribution >= 4 is 35.9 Å². The Morgan fingerprint density at radius 1 is 1.06 bits per heavy atom. The molecule has 0 atom stereocenters. The summed E-state index contributed by atoms with van der Waals surface area (Å²) in [5.41, 5.74) is 1.12. The fourth-order valence-electron chi connectivity index (χ4n) is 3.51. The Labute approximate surface area is 200 Å². The Bertz CT molecular complexity index is 865. The van der Waals surface area contributed by atoms with Crippen LogP contribution in [0.5, 0.6) is 17.2 Å². The van der Waals surface area contributed by atoms with E-state index in [2.05, 4.69) is 15.2 Å². The van der Waals surface area contributed by atoms with Gasteiger partial charge in [-0.15, -0.1) is 24.0 Å². The van der Waals surface area contributed by atoms with Gasteiger partial charge >= 0.3 is 5.97 Å². The number of ether oxygens (including phenoxy) is 3. The first-order valence-electron chi connectivity index (χ1n) is 10.1. The minimum Gasteiger partial charge on any atom is -0.493 e. The number of hydrogen-bond acceptors (Lipinski definition) is 5. The number of guanidine groups is 1. The molecule has 3 rings (SSSR count). The number of benzene rings is 2. The summed E-state index contributed by atoms with van der Waals surface area (Å²) in [6.07, 6.45) is 1.56. The molecule has 0 amide bonds. The maximum Gasteiger partial charge on any atom is 0.308 e. The van der Waals surface area contributed by atoms with Crippen LogP contribution in [0.2, 0.25) is 0 Å². The second-order valence-electron chi connectivity index (χ2n) is 7.08. The molecule has 0 aromatic heterocycles. The average Bonchev–Trinajstić information content (AvgIpc) is 2.80. The van der Waals surface area contributed by atoms with Crippen LogP contribution >= 0.6 is 24.0 Å². The zero-order chi connectivity index (χ0) is 21.3. The van der Waals surface area contributed by atoms with Crippen molar-refractivity contribution in [3.05, 3.63) is 54.1 Å². The molecule has 1 saturated heterocycles. The van der Waals surface area contributed by atoms with Crippen LogP contribution in [0.15, 0.2) is 53.5 Å². The van der Waals surface area contributed by atoms with E-state index in [0.29, 0.717) is 18.0 Å². The predicted octanol–water partition coefficient (Wildman–Crippen LogP) is 4.07. The molecule has 1 heterocycles. The molecule has 2 aromatic carbocycles. The first kappa shape index (κ1) is 24.8. The molecule has 31 heavy (non-hydrogen) atoms. The number of methoxy groups -OCH3 is 2. The number of halogens is 1. The molecule has 1 fully saturated rings. The van der Waals surface area contributed by atoms with Gasteiger partial charge in [0.1, 0.15) is 5.75 Å². The summed E-state index contributed by atoms with van der Waals surface area (Å²) >= 11 is 0. The number of carbonyl (C=O) groups is 1. The van der Waals surface area contributed by atoms with Crippen LogP contribution in [0, 0.1) is 5.92 Å². The molecule has 0 radical (unpaired) electrons. The van der Waals surface area contributed by atoms with E-state index in [0.717, 1.165) is 43.2 Å². The lowest BCUT2D eigenvalue weighted by Gasteiger charge is -2.33. The molecule has 0 spiro atoms. The predicted molar refractivity (Wildman–Crippen MR) is 131 cm³/mol. The van der Waals surface area contributed by atoms with Gasteiger partial charge < -0.3 is 24.4 Å². The molecule has 0 bridgehead atoms. The number of para-hydroxylation sites is 2. The fraction of sp³-hybridized carbons (Fsp3) is 0.391. The summed E-state index contributed by atoms with van der Waals surface area (Å²) in [6.45, 7) is 2.22. The van der Waals surface area contributed by atoms with Gasteiger partial charge in [-0.25, -0.2) is 0 Å². The molecule has 8 heteroatoms. The third-order valence-corrected chi connectivity index (χ3v) is 5.21. The van der Waals surface area contributed by atoms with Gasteiger partial charge in [0.15, 0.2) is 17.5 Å². The zero-order valence-corrected chi connectivity index (χ0v) is 20.5. The summed E-state index contributed by atoms with van der Waals surface area (Å²) in [4.78, 5) is 18.3. The third-order valence-electron chi connectivity index (χ3n) is 5.21. The fourth-order valence-corrected chi connectivity index (χ4v) is 3.51. The van der Waals surface area contributed by atoms with Gasteiger partial charge in [-0.2, -0.15) is 0 Å². The van der Waals surface area contributed by atoms with Crippen molar-refractivity contribution in [3.63, 3.8) is 0 Å². The molecule has 0 saturated carbocycles. The smallest absolute Gasteiger partial charge is 0.308 e. The lowest BCUT2D eigenvalue weighted by molar-refractivity contribution is -0.146. The molecule has 2 aromatic rings. The Kier molecular flexibility index (Phi) is 9.90. The average molecular weight is 539 g/mol. The largest absolute Gasteiger partial charge is 0.493 e. The monoisotopic (exact) mass is 539 g/mol. The van der Waals surface area contributed by atoms with Gasteiger partial charge in [0, 0.05) is 26.7 Å². The molecular formula is C23H30IN3O4. The summed E-state index contributed by atoms with van der Waals surface area (Å²) in [7, 11) is 4.85. The minimum absolute atomic E-state index is 0. The van der Waals surface area contributed by atoms with Crippen LogP contribution in [0.1, 0.15) is 18.4 Å². The van der Waals surface area contributed by atoms with Crippen LogP contribution in [0.3, 0.4) is 0 Å². The van der Waals surface area contributed by atoms with Gasteiger partial charge in [-0.3, -0.25) is 9.79 Å². The number of aliphatic imine (C=N–C) groups is 1. The van der Waals surface area contributed by atoms with E-state index in [1.165, 1.54) is 7.11 Å². The van der Waals surface area contributed by atoms with Gasteiger partial charge in [0.25, 0.3) is 0 Å². The van der Waals surface area contributed by atoms with Crippen LogP contribution in [-0.2, 0) is 16.1 Å². The Morgan fingerprint density at radius 3 is 2.29 bits per heavy atom. The topological polar surface area (TPSA) is 72.4 Å². The number of likely N-dealkylation sites (tertiary alicyclic amines) is 1. The van der Waals surface area contributed by atoms with Crippen molar-refractivity contribution < 1.29 is 19.0 Å². The summed E-state index contributed by atoms with van der Waals surface area (Å²) in [5, 5.41) is 3.40. The highest BCUT2D eigenvalue weighted by atomic mass is 127. The van der Waals surface area contributed by atoms with E-state index in [1.807, 2.05) is 48.5 Å². The second kappa shape index (κ2) is 12.4. The number of hydrogen-bond donors (Lipinski definition) is 1. The molecule has 1 N–H and O–H groups in total. The van der Waals surface area contributed by atoms with E-state index in [-0.39, 0.29) is 35.9 Å². The van der Waals surface area contributed by atoms with E-state index >= 15 is 0 Å². The van der Waals surface area contributed by atoms with Crippen molar-refractivity contribution in [2.75, 3.05) is 34.4 Å². The standard InChI is InChI=1S/C23H29N3O4.HI/c1-24-23(26-14-12-18(13-15-26)22(27)29-3)25-16-17-8-10-19(11-9-17)30-21-7-5-4-6-20(21)28-2;/h4-11,18H,12-16H2,1-3H3,(H,24,25);1H. The number of carbonyl (C=O) groups excluding carboxylic acids is 1. The first-order chi connectivity index (χ1) is 14.6. The van der Waals surface area contributed by atoms with Crippen LogP contribution in [0.25, 0.3) is 0 Å². The van der Waals surface area contributed by atoms with Gasteiger partial charge in [-0.1, -0.05) is 24.3 Å². The third kappa shape index (κ3) is 6.75. The first-order valence-corrected chi connectivity index (χ1v) is 10.1. The van der Waals surface area contributed by atoms with Gasteiger partial charge in [0.05, 0.1) is 20.1 Å². The summed E-state index contributed by atoms with van der Waals surface area (Å²) in [5.74, 6) is 2.84. The van der Waals surface area contributed by atoms with E-state index in [1.54, 1.807) is 14.2 Å². The summed E-state index contributed by atoms with van der Waals surface area (Å²) in [6, 6.07) is 15.5. The van der Waals surface area contributed by atoms with Gasteiger partial charge in [0.2, 0.25) is 0 Å². The van der Waals surface area contributed by atoms with Crippen molar-refractivity contribution in [1.29, 1.82) is 0 Å². The van der Waals surface area contributed by atoms with E-state index in [4.69, 9.17) is 14.2 Å². The van der Waals surface area contributed by atoms with Crippen molar-refractivity contribution in [2.45, 2.75) is 19.4 Å². The number of nitrogens with zero attached hydrogens (tertiary/aromatic N) is 2. The van der Waals surface area contributed by atoms with Crippen molar-refractivity contribution in [3.8, 4) is 17.2 Å². The zero-order valence-electron chi connectivity index (χ0n) is 18.2. The minimum atomic E-state index is -0.118. The van der Waals surface area contributed by atoms with Crippen LogP contribution < -0.4 is 14.8 Å². The maximum atomic E-state index is 11.7. The van der Waals surface area contributed by atoms with Crippen LogP contribution in [-0.4, -0.2) is 51.2 Å². The lowest BCUT2D eigenvalue weighted by Crippen LogP contribution is -2.46. The molecule has 0 unspecified atom stereocenters. The number of piperidine rings is 1. The highest BCUT2D eigenvalue weighted by Gasteiger charge is 2.26. The summed E-state index contributed by atoms with van der Waals surface area (Å²) < 4.78 is 16.1. The number of nitrogens with one attached hydrogen (secondary N) is 1. The highest BCUT2D eigenvalue weighted by Crippen LogP contribution is 2.30. The normalized spacial score (nSPS) is 14.4. The second-order valence-corrected chi connectivity index (χ2v) is 7.08. The highest BCUT2D eigenvalue weighted by molar-refractivity contribution is 14.0. The molecule has 1 aliphatic heterocycles.